The monoisotopic (exact) mass is 291 g/mol. The molecular weight excluding hydrogens is 270 g/mol. The molecule has 2 aliphatic rings. The molecule has 0 amide bonds. The van der Waals surface area contributed by atoms with Gasteiger partial charge in [-0.2, -0.15) is 0 Å². The number of phenolic OH excluding ortho intramolecular Hbond substituents is 2. The van der Waals surface area contributed by atoms with E-state index in [1.165, 1.54) is 18.6 Å². The number of hydrogen-bond donors (Lipinski definition) is 3. The van der Waals surface area contributed by atoms with Gasteiger partial charge in [0.1, 0.15) is 6.04 Å². The van der Waals surface area contributed by atoms with Gasteiger partial charge in [-0.1, -0.05) is 18.9 Å². The molecule has 0 aromatic heterocycles. The molecule has 3 N–H and O–H groups in total. The van der Waals surface area contributed by atoms with Crippen molar-refractivity contribution in [3.8, 4) is 11.5 Å². The van der Waals surface area contributed by atoms with Crippen molar-refractivity contribution in [2.75, 3.05) is 0 Å². The third-order valence-corrected chi connectivity index (χ3v) is 4.91. The third kappa shape index (κ3) is 2.70. The average Bonchev–Trinajstić information content (AvgIpc) is 2.82. The first-order valence-electron chi connectivity index (χ1n) is 7.55. The molecule has 3 unspecified atom stereocenters. The summed E-state index contributed by atoms with van der Waals surface area (Å²) in [6, 6.07) is 4.61. The fourth-order valence-electron chi connectivity index (χ4n) is 3.90. The van der Waals surface area contributed by atoms with Crippen molar-refractivity contribution in [2.24, 2.45) is 5.92 Å². The van der Waals surface area contributed by atoms with E-state index in [0.717, 1.165) is 31.2 Å². The minimum atomic E-state index is -0.757. The highest BCUT2D eigenvalue weighted by Crippen LogP contribution is 2.41. The maximum atomic E-state index is 11.5. The molecule has 1 aliphatic carbocycles. The van der Waals surface area contributed by atoms with Crippen molar-refractivity contribution in [1.82, 2.24) is 4.90 Å². The Hall–Kier alpha value is -1.75. The quantitative estimate of drug-likeness (QED) is 0.745. The van der Waals surface area contributed by atoms with E-state index in [1.807, 2.05) is 0 Å². The minimum Gasteiger partial charge on any atom is -0.504 e. The Kier molecular flexibility index (Phi) is 3.76. The van der Waals surface area contributed by atoms with Crippen LogP contribution in [0, 0.1) is 5.92 Å². The highest BCUT2D eigenvalue weighted by atomic mass is 16.4. The molecule has 1 aliphatic heterocycles. The average molecular weight is 291 g/mol. The van der Waals surface area contributed by atoms with Gasteiger partial charge in [0, 0.05) is 12.6 Å². The molecule has 1 saturated heterocycles. The molecule has 1 aromatic rings. The standard InChI is InChI=1S/C16H21NO4/c18-14-6-5-10(7-15(14)19)9-17-12-4-2-1-3-11(12)8-13(17)16(20)21/h5-7,11-13,18-19H,1-4,8-9H2,(H,20,21). The van der Waals surface area contributed by atoms with E-state index >= 15 is 0 Å². The first kappa shape index (κ1) is 14.2. The maximum absolute atomic E-state index is 11.5. The number of carbonyl (C=O) groups is 1. The summed E-state index contributed by atoms with van der Waals surface area (Å²) in [6.07, 6.45) is 5.25. The molecule has 0 radical (unpaired) electrons. The third-order valence-electron chi connectivity index (χ3n) is 4.91. The van der Waals surface area contributed by atoms with Gasteiger partial charge in [0.15, 0.2) is 11.5 Å². The number of likely N-dealkylation sites (tertiary alicyclic amines) is 1. The van der Waals surface area contributed by atoms with Gasteiger partial charge >= 0.3 is 5.97 Å². The lowest BCUT2D eigenvalue weighted by Crippen LogP contribution is -2.41. The maximum Gasteiger partial charge on any atom is 0.320 e. The van der Waals surface area contributed by atoms with E-state index in [4.69, 9.17) is 0 Å². The molecule has 2 fully saturated rings. The van der Waals surface area contributed by atoms with Crippen LogP contribution in [0.25, 0.3) is 0 Å². The van der Waals surface area contributed by atoms with E-state index in [2.05, 4.69) is 4.90 Å². The number of carboxylic acids is 1. The summed E-state index contributed by atoms with van der Waals surface area (Å²) in [7, 11) is 0. The number of hydrogen-bond acceptors (Lipinski definition) is 4. The fraction of sp³-hybridized carbons (Fsp3) is 0.562. The zero-order valence-corrected chi connectivity index (χ0v) is 11.9. The van der Waals surface area contributed by atoms with Gasteiger partial charge in [0.25, 0.3) is 0 Å². The Bertz CT molecular complexity index is 545. The van der Waals surface area contributed by atoms with Gasteiger partial charge in [0.2, 0.25) is 0 Å². The van der Waals surface area contributed by atoms with Crippen molar-refractivity contribution in [3.63, 3.8) is 0 Å². The predicted octanol–water partition coefficient (Wildman–Crippen LogP) is 2.32. The van der Waals surface area contributed by atoms with Gasteiger partial charge in [-0.05, 0) is 42.9 Å². The van der Waals surface area contributed by atoms with Crippen molar-refractivity contribution in [1.29, 1.82) is 0 Å². The smallest absolute Gasteiger partial charge is 0.320 e. The number of rotatable bonds is 3. The molecule has 1 saturated carbocycles. The van der Waals surface area contributed by atoms with Crippen LogP contribution in [0.4, 0.5) is 0 Å². The number of benzene rings is 1. The largest absolute Gasteiger partial charge is 0.504 e. The molecule has 1 aromatic carbocycles. The Morgan fingerprint density at radius 1 is 1.19 bits per heavy atom. The Balaban J connectivity index is 1.82. The number of phenols is 2. The summed E-state index contributed by atoms with van der Waals surface area (Å²) in [6.45, 7) is 0.506. The molecular formula is C16H21NO4. The summed E-state index contributed by atoms with van der Waals surface area (Å²) < 4.78 is 0. The van der Waals surface area contributed by atoms with E-state index in [-0.39, 0.29) is 11.5 Å². The van der Waals surface area contributed by atoms with Crippen LogP contribution in [0.15, 0.2) is 18.2 Å². The second-order valence-corrected chi connectivity index (χ2v) is 6.20. The molecule has 0 spiro atoms. The van der Waals surface area contributed by atoms with Gasteiger partial charge in [-0.3, -0.25) is 9.69 Å². The van der Waals surface area contributed by atoms with Crippen LogP contribution in [-0.4, -0.2) is 38.3 Å². The van der Waals surface area contributed by atoms with Gasteiger partial charge in [-0.25, -0.2) is 0 Å². The van der Waals surface area contributed by atoms with Crippen LogP contribution in [0.5, 0.6) is 11.5 Å². The number of carboxylic acid groups (broad SMARTS) is 1. The number of aliphatic carboxylic acids is 1. The SMILES string of the molecule is O=C(O)C1CC2CCCCC2N1Cc1ccc(O)c(O)c1. The van der Waals surface area contributed by atoms with Gasteiger partial charge in [0.05, 0.1) is 0 Å². The van der Waals surface area contributed by atoms with E-state index < -0.39 is 12.0 Å². The second kappa shape index (κ2) is 5.56. The second-order valence-electron chi connectivity index (χ2n) is 6.20. The highest BCUT2D eigenvalue weighted by Gasteiger charge is 2.44. The normalized spacial score (nSPS) is 29.2. The van der Waals surface area contributed by atoms with E-state index in [0.29, 0.717) is 18.5 Å². The van der Waals surface area contributed by atoms with Crippen molar-refractivity contribution >= 4 is 5.97 Å². The minimum absolute atomic E-state index is 0.148. The molecule has 21 heavy (non-hydrogen) atoms. The fourth-order valence-corrected chi connectivity index (χ4v) is 3.90. The number of nitrogens with zero attached hydrogens (tertiary/aromatic N) is 1. The highest BCUT2D eigenvalue weighted by molar-refractivity contribution is 5.74. The van der Waals surface area contributed by atoms with Crippen molar-refractivity contribution in [3.05, 3.63) is 23.8 Å². The first-order valence-corrected chi connectivity index (χ1v) is 7.55. The molecule has 5 heteroatoms. The van der Waals surface area contributed by atoms with Crippen LogP contribution in [0.2, 0.25) is 0 Å². The molecule has 0 bridgehead atoms. The molecule has 5 nitrogen and oxygen atoms in total. The lowest BCUT2D eigenvalue weighted by molar-refractivity contribution is -0.142. The molecule has 1 heterocycles. The lowest BCUT2D eigenvalue weighted by atomic mass is 9.84. The molecule has 114 valence electrons. The summed E-state index contributed by atoms with van der Waals surface area (Å²) in [5.41, 5.74) is 0.836. The predicted molar refractivity (Wildman–Crippen MR) is 77.1 cm³/mol. The van der Waals surface area contributed by atoms with Crippen molar-refractivity contribution in [2.45, 2.75) is 50.7 Å². The van der Waals surface area contributed by atoms with Gasteiger partial charge < -0.3 is 15.3 Å². The Morgan fingerprint density at radius 2 is 1.95 bits per heavy atom. The molecule has 3 rings (SSSR count). The van der Waals surface area contributed by atoms with E-state index in [9.17, 15) is 20.1 Å². The summed E-state index contributed by atoms with van der Waals surface area (Å²) in [4.78, 5) is 13.6. The van der Waals surface area contributed by atoms with Crippen LogP contribution >= 0.6 is 0 Å². The van der Waals surface area contributed by atoms with E-state index in [1.54, 1.807) is 6.07 Å². The first-order chi connectivity index (χ1) is 10.1. The number of aromatic hydroxyl groups is 2. The summed E-state index contributed by atoms with van der Waals surface area (Å²) in [5, 5.41) is 28.4. The van der Waals surface area contributed by atoms with Crippen LogP contribution in [-0.2, 0) is 11.3 Å². The van der Waals surface area contributed by atoms with Crippen LogP contribution in [0.1, 0.15) is 37.7 Å². The zero-order valence-electron chi connectivity index (χ0n) is 11.9. The topological polar surface area (TPSA) is 81.0 Å². The summed E-state index contributed by atoms with van der Waals surface area (Å²) >= 11 is 0. The van der Waals surface area contributed by atoms with Crippen LogP contribution < -0.4 is 0 Å². The Morgan fingerprint density at radius 3 is 2.67 bits per heavy atom. The lowest BCUT2D eigenvalue weighted by Gasteiger charge is -2.33. The Labute approximate surface area is 123 Å². The zero-order chi connectivity index (χ0) is 15.0. The summed E-state index contributed by atoms with van der Waals surface area (Å²) in [5.74, 6) is -0.581. The molecule has 3 atom stereocenters. The number of fused-ring (bicyclic) bond motifs is 1. The van der Waals surface area contributed by atoms with Gasteiger partial charge in [-0.15, -0.1) is 0 Å². The van der Waals surface area contributed by atoms with Crippen LogP contribution in [0.3, 0.4) is 0 Å². The van der Waals surface area contributed by atoms with Crippen molar-refractivity contribution < 1.29 is 20.1 Å².